The van der Waals surface area contributed by atoms with Gasteiger partial charge in [0.1, 0.15) is 11.5 Å². The molecule has 0 spiro atoms. The van der Waals surface area contributed by atoms with Crippen molar-refractivity contribution in [3.8, 4) is 11.5 Å². The predicted octanol–water partition coefficient (Wildman–Crippen LogP) is 4.66. The molecule has 26 heavy (non-hydrogen) atoms. The Morgan fingerprint density at radius 3 is 2.46 bits per heavy atom. The molecule has 2 aromatic heterocycles. The average Bonchev–Trinajstić information content (AvgIpc) is 3.01. The molecule has 5 nitrogen and oxygen atoms in total. The van der Waals surface area contributed by atoms with Gasteiger partial charge in [-0.15, -0.1) is 0 Å². The number of rotatable bonds is 3. The van der Waals surface area contributed by atoms with E-state index in [4.69, 9.17) is 9.47 Å². The van der Waals surface area contributed by atoms with Gasteiger partial charge in [0.05, 0.1) is 37.0 Å². The SMILES string of the molecule is COc1ccc(Br)c(C(=O)n2c3ccc(OC)cc3c3ccncc32)c1. The lowest BCUT2D eigenvalue weighted by Crippen LogP contribution is -2.12. The number of nitrogens with zero attached hydrogens (tertiary/aromatic N) is 2. The third kappa shape index (κ3) is 2.54. The number of fused-ring (bicyclic) bond motifs is 3. The van der Waals surface area contributed by atoms with Gasteiger partial charge in [0.25, 0.3) is 5.91 Å². The Balaban J connectivity index is 2.02. The lowest BCUT2D eigenvalue weighted by molar-refractivity contribution is 0.0968. The molecule has 0 amide bonds. The van der Waals surface area contributed by atoms with E-state index in [1.54, 1.807) is 49.4 Å². The van der Waals surface area contributed by atoms with E-state index < -0.39 is 0 Å². The van der Waals surface area contributed by atoms with Crippen LogP contribution < -0.4 is 9.47 Å². The topological polar surface area (TPSA) is 53.4 Å². The van der Waals surface area contributed by atoms with Gasteiger partial charge >= 0.3 is 0 Å². The summed E-state index contributed by atoms with van der Waals surface area (Å²) in [5.41, 5.74) is 2.06. The van der Waals surface area contributed by atoms with Gasteiger partial charge < -0.3 is 9.47 Å². The molecule has 0 saturated carbocycles. The molecule has 0 saturated heterocycles. The minimum Gasteiger partial charge on any atom is -0.497 e. The van der Waals surface area contributed by atoms with Crippen LogP contribution in [0.3, 0.4) is 0 Å². The quantitative estimate of drug-likeness (QED) is 0.492. The molecule has 6 heteroatoms. The van der Waals surface area contributed by atoms with E-state index >= 15 is 0 Å². The third-order valence-electron chi connectivity index (χ3n) is 4.38. The van der Waals surface area contributed by atoms with Crippen LogP contribution in [0.15, 0.2) is 59.3 Å². The number of hydrogen-bond donors (Lipinski definition) is 0. The number of ether oxygens (including phenoxy) is 2. The molecular formula is C20H15BrN2O3. The maximum absolute atomic E-state index is 13.4. The predicted molar refractivity (Wildman–Crippen MR) is 104 cm³/mol. The maximum atomic E-state index is 13.4. The van der Waals surface area contributed by atoms with Crippen molar-refractivity contribution in [2.75, 3.05) is 14.2 Å². The van der Waals surface area contributed by atoms with Crippen LogP contribution in [-0.4, -0.2) is 29.7 Å². The molecule has 0 atom stereocenters. The van der Waals surface area contributed by atoms with E-state index in [2.05, 4.69) is 20.9 Å². The van der Waals surface area contributed by atoms with Gasteiger partial charge in [-0.25, -0.2) is 0 Å². The minimum absolute atomic E-state index is 0.158. The highest BCUT2D eigenvalue weighted by Gasteiger charge is 2.20. The third-order valence-corrected chi connectivity index (χ3v) is 5.07. The highest BCUT2D eigenvalue weighted by atomic mass is 79.9. The van der Waals surface area contributed by atoms with Crippen molar-refractivity contribution < 1.29 is 14.3 Å². The molecule has 0 aliphatic heterocycles. The number of methoxy groups -OCH3 is 2. The van der Waals surface area contributed by atoms with E-state index in [-0.39, 0.29) is 5.91 Å². The first-order chi connectivity index (χ1) is 12.6. The number of carbonyl (C=O) groups is 1. The second-order valence-corrected chi connectivity index (χ2v) is 6.62. The summed E-state index contributed by atoms with van der Waals surface area (Å²) in [6, 6.07) is 12.9. The number of hydrogen-bond acceptors (Lipinski definition) is 4. The second-order valence-electron chi connectivity index (χ2n) is 5.76. The number of aromatic nitrogens is 2. The zero-order valence-electron chi connectivity index (χ0n) is 14.2. The number of pyridine rings is 1. The molecule has 0 bridgehead atoms. The van der Waals surface area contributed by atoms with Crippen molar-refractivity contribution in [2.24, 2.45) is 0 Å². The number of carbonyl (C=O) groups excluding carboxylic acids is 1. The smallest absolute Gasteiger partial charge is 0.264 e. The second kappa shape index (κ2) is 6.46. The molecular weight excluding hydrogens is 396 g/mol. The molecule has 0 fully saturated rings. The van der Waals surface area contributed by atoms with Crippen molar-refractivity contribution in [3.63, 3.8) is 0 Å². The summed E-state index contributed by atoms with van der Waals surface area (Å²) in [6.45, 7) is 0. The molecule has 0 unspecified atom stereocenters. The summed E-state index contributed by atoms with van der Waals surface area (Å²) in [5, 5.41) is 1.88. The molecule has 0 radical (unpaired) electrons. The summed E-state index contributed by atoms with van der Waals surface area (Å²) in [5.74, 6) is 1.20. The first kappa shape index (κ1) is 16.6. The van der Waals surface area contributed by atoms with Crippen LogP contribution in [0.2, 0.25) is 0 Å². The Hall–Kier alpha value is -2.86. The van der Waals surface area contributed by atoms with E-state index in [0.717, 1.165) is 27.6 Å². The molecule has 0 aliphatic rings. The lowest BCUT2D eigenvalue weighted by atomic mass is 10.2. The Morgan fingerprint density at radius 2 is 1.69 bits per heavy atom. The van der Waals surface area contributed by atoms with Gasteiger partial charge in [-0.3, -0.25) is 14.3 Å². The first-order valence-corrected chi connectivity index (χ1v) is 8.73. The molecule has 4 rings (SSSR count). The summed E-state index contributed by atoms with van der Waals surface area (Å²) in [6.07, 6.45) is 3.42. The van der Waals surface area contributed by atoms with E-state index in [1.807, 2.05) is 24.3 Å². The molecule has 2 aromatic carbocycles. The fourth-order valence-electron chi connectivity index (χ4n) is 3.11. The van der Waals surface area contributed by atoms with Crippen LogP contribution in [-0.2, 0) is 0 Å². The maximum Gasteiger partial charge on any atom is 0.264 e. The Morgan fingerprint density at radius 1 is 0.962 bits per heavy atom. The zero-order chi connectivity index (χ0) is 18.3. The summed E-state index contributed by atoms with van der Waals surface area (Å²) >= 11 is 3.47. The summed E-state index contributed by atoms with van der Waals surface area (Å²) in [7, 11) is 3.20. The lowest BCUT2D eigenvalue weighted by Gasteiger charge is -2.10. The van der Waals surface area contributed by atoms with Gasteiger partial charge in [-0.2, -0.15) is 0 Å². The monoisotopic (exact) mass is 410 g/mol. The first-order valence-electron chi connectivity index (χ1n) is 7.94. The van der Waals surface area contributed by atoms with Gasteiger partial charge in [0, 0.05) is 21.4 Å². The normalized spacial score (nSPS) is 11.0. The van der Waals surface area contributed by atoms with E-state index in [0.29, 0.717) is 15.8 Å². The van der Waals surface area contributed by atoms with Crippen molar-refractivity contribution in [2.45, 2.75) is 0 Å². The molecule has 4 aromatic rings. The standard InChI is InChI=1S/C20H15BrN2O3/c1-25-12-3-5-17(21)16(10-12)20(24)23-18-6-4-13(26-2)9-15(18)14-7-8-22-11-19(14)23/h3-11H,1-2H3. The fraction of sp³-hybridized carbons (Fsp3) is 0.100. The Labute approximate surface area is 158 Å². The van der Waals surface area contributed by atoms with Crippen LogP contribution in [0.5, 0.6) is 11.5 Å². The van der Waals surface area contributed by atoms with Crippen molar-refractivity contribution >= 4 is 43.6 Å². The van der Waals surface area contributed by atoms with Crippen molar-refractivity contribution in [1.82, 2.24) is 9.55 Å². The summed E-state index contributed by atoms with van der Waals surface area (Å²) < 4.78 is 13.0. The van der Waals surface area contributed by atoms with Crippen molar-refractivity contribution in [1.29, 1.82) is 0 Å². The van der Waals surface area contributed by atoms with Crippen LogP contribution in [0.1, 0.15) is 10.4 Å². The molecule has 2 heterocycles. The Bertz CT molecular complexity index is 1150. The Kier molecular flexibility index (Phi) is 4.12. The van der Waals surface area contributed by atoms with Crippen LogP contribution in [0.25, 0.3) is 21.8 Å². The average molecular weight is 411 g/mol. The number of halogens is 1. The zero-order valence-corrected chi connectivity index (χ0v) is 15.8. The number of benzene rings is 2. The minimum atomic E-state index is -0.158. The highest BCUT2D eigenvalue weighted by molar-refractivity contribution is 9.10. The highest BCUT2D eigenvalue weighted by Crippen LogP contribution is 2.33. The van der Waals surface area contributed by atoms with Gasteiger partial charge in [0.2, 0.25) is 0 Å². The fourth-order valence-corrected chi connectivity index (χ4v) is 3.53. The van der Waals surface area contributed by atoms with Crippen molar-refractivity contribution in [3.05, 3.63) is 64.9 Å². The molecule has 130 valence electrons. The van der Waals surface area contributed by atoms with E-state index in [9.17, 15) is 4.79 Å². The molecule has 0 aliphatic carbocycles. The molecule has 0 N–H and O–H groups in total. The van der Waals surface area contributed by atoms with Gasteiger partial charge in [0.15, 0.2) is 0 Å². The van der Waals surface area contributed by atoms with Gasteiger partial charge in [-0.1, -0.05) is 0 Å². The van der Waals surface area contributed by atoms with Gasteiger partial charge in [-0.05, 0) is 58.4 Å². The van der Waals surface area contributed by atoms with E-state index in [1.165, 1.54) is 0 Å². The largest absolute Gasteiger partial charge is 0.497 e. The summed E-state index contributed by atoms with van der Waals surface area (Å²) in [4.78, 5) is 17.6. The van der Waals surface area contributed by atoms with Crippen LogP contribution in [0, 0.1) is 0 Å². The van der Waals surface area contributed by atoms with Crippen LogP contribution in [0.4, 0.5) is 0 Å². The van der Waals surface area contributed by atoms with Crippen LogP contribution >= 0.6 is 15.9 Å².